The van der Waals surface area contributed by atoms with Crippen molar-refractivity contribution in [3.63, 3.8) is 0 Å². The van der Waals surface area contributed by atoms with Crippen molar-refractivity contribution < 1.29 is 34.3 Å². The van der Waals surface area contributed by atoms with Crippen molar-refractivity contribution in [1.82, 2.24) is 0 Å². The van der Waals surface area contributed by atoms with Gasteiger partial charge < -0.3 is 29.5 Å². The molecule has 0 bridgehead atoms. The van der Waals surface area contributed by atoms with Gasteiger partial charge in [-0.05, 0) is 38.0 Å². The van der Waals surface area contributed by atoms with Gasteiger partial charge in [-0.3, -0.25) is 4.79 Å². The Kier molecular flexibility index (Phi) is 5.70. The Morgan fingerprint density at radius 1 is 1.10 bits per heavy atom. The van der Waals surface area contributed by atoms with Crippen LogP contribution < -0.4 is 14.2 Å². The van der Waals surface area contributed by atoms with Gasteiger partial charge in [-0.1, -0.05) is 17.7 Å². The Hall–Kier alpha value is -3.19. The number of carbonyl (C=O) groups excluding carboxylic acids is 1. The van der Waals surface area contributed by atoms with E-state index >= 15 is 0 Å². The second-order valence-electron chi connectivity index (χ2n) is 7.05. The number of hydrogen-bond donors (Lipinski definition) is 3. The van der Waals surface area contributed by atoms with Crippen LogP contribution in [0.25, 0.3) is 0 Å². The summed E-state index contributed by atoms with van der Waals surface area (Å²) in [5.41, 5.74) is 1.96. The van der Waals surface area contributed by atoms with E-state index in [1.807, 2.05) is 19.9 Å². The minimum absolute atomic E-state index is 0.0792. The van der Waals surface area contributed by atoms with Gasteiger partial charge in [0.2, 0.25) is 5.78 Å². The number of aromatic hydroxyl groups is 2. The van der Waals surface area contributed by atoms with Gasteiger partial charge in [-0.15, -0.1) is 0 Å². The maximum Gasteiger partial charge on any atom is 0.202 e. The number of carbonyl (C=O) groups is 1. The first-order valence-corrected chi connectivity index (χ1v) is 9.10. The third kappa shape index (κ3) is 3.73. The fourth-order valence-corrected chi connectivity index (χ4v) is 3.32. The van der Waals surface area contributed by atoms with Gasteiger partial charge in [0, 0.05) is 11.6 Å². The van der Waals surface area contributed by atoms with E-state index in [9.17, 15) is 20.1 Å². The Morgan fingerprint density at radius 3 is 2.38 bits per heavy atom. The fraction of sp³-hybridized carbons (Fsp3) is 0.318. The van der Waals surface area contributed by atoms with E-state index in [1.54, 1.807) is 6.07 Å². The SMILES string of the molecule is COc1ccc([C@H]2Oc3c(CC=C(C)C)c(OC)cc(O)c3C(=O)[C@@H]2O)cc1O. The summed E-state index contributed by atoms with van der Waals surface area (Å²) >= 11 is 0. The van der Waals surface area contributed by atoms with E-state index in [-0.39, 0.29) is 28.6 Å². The molecular formula is C22H24O7. The maximum absolute atomic E-state index is 12.9. The summed E-state index contributed by atoms with van der Waals surface area (Å²) in [4.78, 5) is 12.9. The highest BCUT2D eigenvalue weighted by atomic mass is 16.5. The number of phenols is 2. The van der Waals surface area contributed by atoms with Crippen LogP contribution in [0.3, 0.4) is 0 Å². The van der Waals surface area contributed by atoms with Crippen molar-refractivity contribution in [3.05, 3.63) is 52.6 Å². The molecule has 0 saturated carbocycles. The zero-order chi connectivity index (χ0) is 21.3. The van der Waals surface area contributed by atoms with E-state index in [4.69, 9.17) is 14.2 Å². The summed E-state index contributed by atoms with van der Waals surface area (Å²) in [7, 11) is 2.89. The molecule has 1 heterocycles. The average Bonchev–Trinajstić information content (AvgIpc) is 2.68. The number of ether oxygens (including phenoxy) is 3. The van der Waals surface area contributed by atoms with Crippen molar-refractivity contribution in [2.45, 2.75) is 32.5 Å². The van der Waals surface area contributed by atoms with Crippen molar-refractivity contribution >= 4 is 5.78 Å². The van der Waals surface area contributed by atoms with Gasteiger partial charge >= 0.3 is 0 Å². The molecule has 2 aromatic rings. The van der Waals surface area contributed by atoms with E-state index < -0.39 is 18.0 Å². The molecule has 0 spiro atoms. The molecule has 2 atom stereocenters. The van der Waals surface area contributed by atoms with Crippen LogP contribution in [0.5, 0.6) is 28.7 Å². The summed E-state index contributed by atoms with van der Waals surface area (Å²) in [5, 5.41) is 31.0. The summed E-state index contributed by atoms with van der Waals surface area (Å²) in [6.45, 7) is 3.88. The second-order valence-corrected chi connectivity index (χ2v) is 7.05. The van der Waals surface area contributed by atoms with Crippen LogP contribution in [0.2, 0.25) is 0 Å². The first kappa shape index (κ1) is 20.5. The fourth-order valence-electron chi connectivity index (χ4n) is 3.32. The molecule has 29 heavy (non-hydrogen) atoms. The zero-order valence-electron chi connectivity index (χ0n) is 16.7. The number of fused-ring (bicyclic) bond motifs is 1. The number of phenolic OH excluding ortho intramolecular Hbond substituents is 2. The smallest absolute Gasteiger partial charge is 0.202 e. The van der Waals surface area contributed by atoms with E-state index in [0.29, 0.717) is 23.3 Å². The number of Topliss-reactive ketones (excluding diaryl/α,β-unsaturated/α-hetero) is 1. The van der Waals surface area contributed by atoms with Gasteiger partial charge in [0.05, 0.1) is 14.2 Å². The molecule has 2 aromatic carbocycles. The minimum atomic E-state index is -1.55. The van der Waals surface area contributed by atoms with Gasteiger partial charge in [-0.2, -0.15) is 0 Å². The number of hydrogen-bond acceptors (Lipinski definition) is 7. The average molecular weight is 400 g/mol. The Bertz CT molecular complexity index is 974. The number of ketones is 1. The van der Waals surface area contributed by atoms with Crippen molar-refractivity contribution in [2.75, 3.05) is 14.2 Å². The highest BCUT2D eigenvalue weighted by Gasteiger charge is 2.41. The number of benzene rings is 2. The lowest BCUT2D eigenvalue weighted by Crippen LogP contribution is -2.36. The number of aliphatic hydroxyl groups is 1. The minimum Gasteiger partial charge on any atom is -0.507 e. The van der Waals surface area contributed by atoms with Crippen LogP contribution in [0.1, 0.15) is 41.4 Å². The molecule has 0 aliphatic carbocycles. The summed E-state index contributed by atoms with van der Waals surface area (Å²) in [5.74, 6) is -0.330. The summed E-state index contributed by atoms with van der Waals surface area (Å²) < 4.78 is 16.4. The standard InChI is InChI=1S/C22H24O7/c1-11(2)5-7-13-17(28-4)10-15(24)18-19(25)20(26)21(29-22(13)18)12-6-8-16(27-3)14(23)9-12/h5-6,8-10,20-21,23-24,26H,7H2,1-4H3/t20-,21+/m0/s1. The molecule has 0 saturated heterocycles. The predicted molar refractivity (Wildman–Crippen MR) is 106 cm³/mol. The van der Waals surface area contributed by atoms with Crippen molar-refractivity contribution in [1.29, 1.82) is 0 Å². The number of methoxy groups -OCH3 is 2. The van der Waals surface area contributed by atoms with Gasteiger partial charge in [0.1, 0.15) is 22.8 Å². The van der Waals surface area contributed by atoms with Crippen LogP contribution in [0.15, 0.2) is 35.9 Å². The molecule has 0 unspecified atom stereocenters. The highest BCUT2D eigenvalue weighted by molar-refractivity contribution is 6.06. The Balaban J connectivity index is 2.14. The van der Waals surface area contributed by atoms with Crippen LogP contribution in [-0.2, 0) is 6.42 Å². The highest BCUT2D eigenvalue weighted by Crippen LogP contribution is 2.46. The lowest BCUT2D eigenvalue weighted by molar-refractivity contribution is 0.0205. The summed E-state index contributed by atoms with van der Waals surface area (Å²) in [6.07, 6.45) is -0.255. The van der Waals surface area contributed by atoms with Crippen LogP contribution >= 0.6 is 0 Å². The van der Waals surface area contributed by atoms with E-state index in [2.05, 4.69) is 0 Å². The lowest BCUT2D eigenvalue weighted by atomic mass is 9.90. The Morgan fingerprint density at radius 2 is 1.79 bits per heavy atom. The monoisotopic (exact) mass is 400 g/mol. The van der Waals surface area contributed by atoms with Crippen molar-refractivity contribution in [2.24, 2.45) is 0 Å². The second kappa shape index (κ2) is 8.05. The predicted octanol–water partition coefficient (Wildman–Crippen LogP) is 3.30. The lowest BCUT2D eigenvalue weighted by Gasteiger charge is -2.32. The van der Waals surface area contributed by atoms with Crippen LogP contribution in [0.4, 0.5) is 0 Å². The molecule has 0 amide bonds. The molecule has 154 valence electrons. The maximum atomic E-state index is 12.9. The number of allylic oxidation sites excluding steroid dienone is 2. The van der Waals surface area contributed by atoms with E-state index in [0.717, 1.165) is 5.57 Å². The summed E-state index contributed by atoms with van der Waals surface area (Å²) in [6, 6.07) is 5.84. The molecule has 1 aliphatic heterocycles. The van der Waals surface area contributed by atoms with Gasteiger partial charge in [0.15, 0.2) is 23.7 Å². The molecule has 0 aromatic heterocycles. The molecule has 3 N–H and O–H groups in total. The molecule has 0 fully saturated rings. The van der Waals surface area contributed by atoms with Gasteiger partial charge in [-0.25, -0.2) is 0 Å². The topological polar surface area (TPSA) is 105 Å². The molecule has 0 radical (unpaired) electrons. The zero-order valence-corrected chi connectivity index (χ0v) is 16.7. The number of rotatable bonds is 5. The molecule has 3 rings (SSSR count). The normalized spacial score (nSPS) is 17.9. The van der Waals surface area contributed by atoms with Crippen LogP contribution in [0, 0.1) is 0 Å². The van der Waals surface area contributed by atoms with Crippen molar-refractivity contribution in [3.8, 4) is 28.7 Å². The molecule has 1 aliphatic rings. The largest absolute Gasteiger partial charge is 0.507 e. The van der Waals surface area contributed by atoms with E-state index in [1.165, 1.54) is 32.4 Å². The first-order valence-electron chi connectivity index (χ1n) is 9.10. The quantitative estimate of drug-likeness (QED) is 0.661. The van der Waals surface area contributed by atoms with Gasteiger partial charge in [0.25, 0.3) is 0 Å². The first-order chi connectivity index (χ1) is 13.8. The molecule has 7 heteroatoms. The molecule has 7 nitrogen and oxygen atoms in total. The third-order valence-corrected chi connectivity index (χ3v) is 4.83. The van der Waals surface area contributed by atoms with Crippen LogP contribution in [-0.4, -0.2) is 41.4 Å². The molecular weight excluding hydrogens is 376 g/mol. The third-order valence-electron chi connectivity index (χ3n) is 4.83. The Labute approximate surface area is 168 Å². The number of aliphatic hydroxyl groups excluding tert-OH is 1.